The van der Waals surface area contributed by atoms with E-state index in [2.05, 4.69) is 9.88 Å². The smallest absolute Gasteiger partial charge is 0.322 e. The first-order valence-corrected chi connectivity index (χ1v) is 12.6. The first kappa shape index (κ1) is 23.8. The molecule has 3 amide bonds. The van der Waals surface area contributed by atoms with Crippen molar-refractivity contribution in [1.82, 2.24) is 9.47 Å². The number of amides is 3. The molecule has 1 fully saturated rings. The molecule has 7 nitrogen and oxygen atoms in total. The van der Waals surface area contributed by atoms with Gasteiger partial charge in [-0.05, 0) is 73.0 Å². The van der Waals surface area contributed by atoms with Crippen LogP contribution in [0, 0.1) is 5.82 Å². The number of para-hydroxylation sites is 2. The van der Waals surface area contributed by atoms with Gasteiger partial charge in [-0.2, -0.15) is 0 Å². The quantitative estimate of drug-likeness (QED) is 0.359. The third-order valence-corrected chi connectivity index (χ3v) is 7.05. The number of nitrogens with zero attached hydrogens (tertiary/aromatic N) is 3. The van der Waals surface area contributed by atoms with Crippen LogP contribution in [-0.2, 0) is 4.79 Å². The van der Waals surface area contributed by atoms with Crippen LogP contribution in [0.5, 0.6) is 5.75 Å². The Morgan fingerprint density at radius 2 is 1.74 bits per heavy atom. The highest BCUT2D eigenvalue weighted by molar-refractivity contribution is 6.01. The third-order valence-electron chi connectivity index (χ3n) is 7.05. The highest BCUT2D eigenvalue weighted by Crippen LogP contribution is 2.43. The Hall–Kier alpha value is -4.59. The van der Waals surface area contributed by atoms with E-state index in [0.29, 0.717) is 5.69 Å². The maximum atomic E-state index is 14.2. The third kappa shape index (κ3) is 4.38. The fraction of sp³-hybridized carbons (Fsp3) is 0.200. The van der Waals surface area contributed by atoms with Gasteiger partial charge >= 0.3 is 6.03 Å². The van der Waals surface area contributed by atoms with Crippen LogP contribution in [0.15, 0.2) is 91.1 Å². The number of anilines is 2. The number of ether oxygens (including phenoxy) is 1. The molecule has 0 spiro atoms. The van der Waals surface area contributed by atoms with Crippen LogP contribution >= 0.6 is 0 Å². The van der Waals surface area contributed by atoms with Crippen molar-refractivity contribution in [1.29, 1.82) is 0 Å². The largest absolute Gasteiger partial charge is 0.497 e. The van der Waals surface area contributed by atoms with Gasteiger partial charge in [0.15, 0.2) is 0 Å². The van der Waals surface area contributed by atoms with Crippen LogP contribution in [-0.4, -0.2) is 41.1 Å². The molecule has 1 unspecified atom stereocenters. The summed E-state index contributed by atoms with van der Waals surface area (Å²) >= 11 is 0. The van der Waals surface area contributed by atoms with Crippen molar-refractivity contribution in [2.45, 2.75) is 24.9 Å². The number of carbonyl (C=O) groups excluding carboxylic acids is 2. The Morgan fingerprint density at radius 1 is 0.974 bits per heavy atom. The molecule has 1 aliphatic carbocycles. The molecule has 2 heterocycles. The second kappa shape index (κ2) is 9.70. The van der Waals surface area contributed by atoms with Crippen LogP contribution in [0.1, 0.15) is 30.1 Å². The minimum Gasteiger partial charge on any atom is -0.497 e. The van der Waals surface area contributed by atoms with Crippen molar-refractivity contribution < 1.29 is 18.7 Å². The van der Waals surface area contributed by atoms with Gasteiger partial charge in [0.25, 0.3) is 0 Å². The molecule has 0 saturated heterocycles. The molecule has 6 rings (SSSR count). The second-order valence-corrected chi connectivity index (χ2v) is 9.53. The molecule has 1 N–H and O–H groups in total. The number of methoxy groups -OCH3 is 1. The van der Waals surface area contributed by atoms with Gasteiger partial charge in [0.2, 0.25) is 5.91 Å². The molecule has 192 valence electrons. The Kier molecular flexibility index (Phi) is 6.07. The maximum Gasteiger partial charge on any atom is 0.322 e. The average Bonchev–Trinajstić information content (AvgIpc) is 3.65. The number of aromatic nitrogens is 1. The summed E-state index contributed by atoms with van der Waals surface area (Å²) in [6.07, 6.45) is 3.64. The van der Waals surface area contributed by atoms with Gasteiger partial charge in [0.05, 0.1) is 24.2 Å². The zero-order valence-electron chi connectivity index (χ0n) is 20.9. The summed E-state index contributed by atoms with van der Waals surface area (Å²) in [6.45, 7) is -0.104. The standard InChI is InChI=1S/C30H27FN4O3/c1-38-24-15-11-20(12-16-24)29-27-10-5-17-33(27)25-8-2-3-9-26(25)35(29)28(36)19-34(23-13-14-23)30(37)32-22-7-4-6-21(31)18-22/h2-12,15-18,23,29H,13-14,19H2,1H3,(H,32,37). The van der Waals surface area contributed by atoms with E-state index in [0.717, 1.165) is 41.2 Å². The highest BCUT2D eigenvalue weighted by atomic mass is 19.1. The van der Waals surface area contributed by atoms with Crippen molar-refractivity contribution in [3.05, 3.63) is 108 Å². The van der Waals surface area contributed by atoms with E-state index in [1.165, 1.54) is 18.2 Å². The molecule has 4 aromatic rings. The van der Waals surface area contributed by atoms with Gasteiger partial charge in [-0.15, -0.1) is 0 Å². The second-order valence-electron chi connectivity index (χ2n) is 9.53. The summed E-state index contributed by atoms with van der Waals surface area (Å²) in [5.74, 6) is 0.0891. The van der Waals surface area contributed by atoms with Crippen LogP contribution in [0.25, 0.3) is 5.69 Å². The van der Waals surface area contributed by atoms with Gasteiger partial charge in [-0.25, -0.2) is 9.18 Å². The first-order valence-electron chi connectivity index (χ1n) is 12.6. The zero-order chi connectivity index (χ0) is 26.2. The van der Waals surface area contributed by atoms with E-state index in [1.54, 1.807) is 23.0 Å². The van der Waals surface area contributed by atoms with Crippen molar-refractivity contribution >= 4 is 23.3 Å². The molecule has 3 aromatic carbocycles. The number of carbonyl (C=O) groups is 2. The highest BCUT2D eigenvalue weighted by Gasteiger charge is 2.40. The van der Waals surface area contributed by atoms with Gasteiger partial charge in [0.1, 0.15) is 24.2 Å². The molecule has 0 bridgehead atoms. The summed E-state index contributed by atoms with van der Waals surface area (Å²) < 4.78 is 21.1. The summed E-state index contributed by atoms with van der Waals surface area (Å²) in [7, 11) is 1.62. The Labute approximate surface area is 220 Å². The van der Waals surface area contributed by atoms with E-state index < -0.39 is 17.9 Å². The van der Waals surface area contributed by atoms with Crippen molar-refractivity contribution in [2.24, 2.45) is 0 Å². The lowest BCUT2D eigenvalue weighted by Gasteiger charge is -2.39. The number of hydrogen-bond donors (Lipinski definition) is 1. The Balaban J connectivity index is 1.36. The molecule has 1 aliphatic heterocycles. The van der Waals surface area contributed by atoms with E-state index in [1.807, 2.05) is 66.9 Å². The molecule has 1 atom stereocenters. The predicted octanol–water partition coefficient (Wildman–Crippen LogP) is 5.76. The Bertz CT molecular complexity index is 1500. The van der Waals surface area contributed by atoms with Gasteiger partial charge < -0.3 is 19.5 Å². The topological polar surface area (TPSA) is 66.8 Å². The summed E-state index contributed by atoms with van der Waals surface area (Å²) in [5, 5.41) is 2.76. The number of halogens is 1. The van der Waals surface area contributed by atoms with Crippen molar-refractivity contribution in [2.75, 3.05) is 23.9 Å². The minimum atomic E-state index is -0.438. The van der Waals surface area contributed by atoms with E-state index in [-0.39, 0.29) is 18.5 Å². The number of benzene rings is 3. The lowest BCUT2D eigenvalue weighted by atomic mass is 9.97. The minimum absolute atomic E-state index is 0.0316. The number of rotatable bonds is 6. The first-order chi connectivity index (χ1) is 18.5. The summed E-state index contributed by atoms with van der Waals surface area (Å²) in [5.41, 5.74) is 3.89. The number of urea groups is 1. The molecular formula is C30H27FN4O3. The normalized spacial score (nSPS) is 15.8. The van der Waals surface area contributed by atoms with Gasteiger partial charge in [-0.1, -0.05) is 30.3 Å². The number of fused-ring (bicyclic) bond motifs is 3. The Morgan fingerprint density at radius 3 is 2.45 bits per heavy atom. The average molecular weight is 511 g/mol. The van der Waals surface area contributed by atoms with Gasteiger partial charge in [-0.3, -0.25) is 9.69 Å². The molecule has 38 heavy (non-hydrogen) atoms. The van der Waals surface area contributed by atoms with Gasteiger partial charge in [0, 0.05) is 17.9 Å². The van der Waals surface area contributed by atoms with Crippen LogP contribution in [0.2, 0.25) is 0 Å². The molecule has 1 saturated carbocycles. The van der Waals surface area contributed by atoms with Crippen molar-refractivity contribution in [3.63, 3.8) is 0 Å². The molecule has 1 aromatic heterocycles. The fourth-order valence-corrected chi connectivity index (χ4v) is 5.10. The number of hydrogen-bond acceptors (Lipinski definition) is 3. The van der Waals surface area contributed by atoms with E-state index >= 15 is 0 Å². The van der Waals surface area contributed by atoms with Crippen molar-refractivity contribution in [3.8, 4) is 11.4 Å². The lowest BCUT2D eigenvalue weighted by molar-refractivity contribution is -0.119. The predicted molar refractivity (Wildman–Crippen MR) is 143 cm³/mol. The van der Waals surface area contributed by atoms with Crippen LogP contribution in [0.3, 0.4) is 0 Å². The fourth-order valence-electron chi connectivity index (χ4n) is 5.10. The summed E-state index contributed by atoms with van der Waals surface area (Å²) in [6, 6.07) is 24.4. The molecule has 2 aliphatic rings. The number of nitrogens with one attached hydrogen (secondary N) is 1. The summed E-state index contributed by atoms with van der Waals surface area (Å²) in [4.78, 5) is 30.8. The lowest BCUT2D eigenvalue weighted by Crippen LogP contribution is -2.48. The van der Waals surface area contributed by atoms with Crippen LogP contribution < -0.4 is 15.0 Å². The van der Waals surface area contributed by atoms with Crippen LogP contribution in [0.4, 0.5) is 20.6 Å². The molecular weight excluding hydrogens is 483 g/mol. The molecule has 8 heteroatoms. The van der Waals surface area contributed by atoms with E-state index in [4.69, 9.17) is 4.74 Å². The maximum absolute atomic E-state index is 14.2. The van der Waals surface area contributed by atoms with E-state index in [9.17, 15) is 14.0 Å². The monoisotopic (exact) mass is 510 g/mol. The molecule has 0 radical (unpaired) electrons. The SMILES string of the molecule is COc1ccc(C2c3cccn3-c3ccccc3N2C(=O)CN(C(=O)Nc2cccc(F)c2)C2CC2)cc1. The zero-order valence-corrected chi connectivity index (χ0v) is 20.9.